The molecule has 0 aliphatic rings. The van der Waals surface area contributed by atoms with E-state index in [1.807, 2.05) is 0 Å². The number of nitro benzene ring substituents is 1. The first kappa shape index (κ1) is 18.7. The monoisotopic (exact) mass is 374 g/mol. The maximum atomic E-state index is 12.7. The molecule has 10 heteroatoms. The van der Waals surface area contributed by atoms with Gasteiger partial charge in [0, 0.05) is 18.7 Å². The Morgan fingerprint density at radius 2 is 1.64 bits per heavy atom. The molecule has 0 aliphatic heterocycles. The highest BCUT2D eigenvalue weighted by atomic mass is 32.2. The Kier molecular flexibility index (Phi) is 5.31. The van der Waals surface area contributed by atoms with Crippen LogP contribution in [-0.4, -0.2) is 25.4 Å². The standard InChI is InChI=1S/C15H13F3N2O4S/c16-15(17,18)25(23,24)14-4-2-1-3-13(14)19-10-9-11-5-7-12(8-6-11)20(21)22/h1-8,19H,9-10H2. The molecule has 0 heterocycles. The van der Waals surface area contributed by atoms with E-state index in [0.717, 1.165) is 6.07 Å². The number of nitrogens with one attached hydrogen (secondary N) is 1. The Morgan fingerprint density at radius 1 is 1.04 bits per heavy atom. The molecule has 0 bridgehead atoms. The summed E-state index contributed by atoms with van der Waals surface area (Å²) < 4.78 is 61.3. The van der Waals surface area contributed by atoms with Crippen LogP contribution in [-0.2, 0) is 16.3 Å². The van der Waals surface area contributed by atoms with Gasteiger partial charge in [0.15, 0.2) is 0 Å². The molecule has 1 N–H and O–H groups in total. The van der Waals surface area contributed by atoms with Gasteiger partial charge in [-0.15, -0.1) is 0 Å². The molecule has 0 atom stereocenters. The third-order valence-corrected chi connectivity index (χ3v) is 4.90. The van der Waals surface area contributed by atoms with Gasteiger partial charge in [0.2, 0.25) is 0 Å². The van der Waals surface area contributed by atoms with Crippen LogP contribution in [0.15, 0.2) is 53.4 Å². The largest absolute Gasteiger partial charge is 0.501 e. The number of para-hydroxylation sites is 1. The van der Waals surface area contributed by atoms with E-state index in [0.29, 0.717) is 12.0 Å². The van der Waals surface area contributed by atoms with Gasteiger partial charge in [0.05, 0.1) is 15.5 Å². The molecule has 0 aromatic heterocycles. The van der Waals surface area contributed by atoms with E-state index in [2.05, 4.69) is 5.32 Å². The molecule has 6 nitrogen and oxygen atoms in total. The predicted molar refractivity (Wildman–Crippen MR) is 85.0 cm³/mol. The number of halogens is 3. The van der Waals surface area contributed by atoms with E-state index >= 15 is 0 Å². The minimum absolute atomic E-state index is 0.0710. The fraction of sp³-hybridized carbons (Fsp3) is 0.200. The summed E-state index contributed by atoms with van der Waals surface area (Å²) in [6, 6.07) is 10.4. The van der Waals surface area contributed by atoms with Gasteiger partial charge in [-0.05, 0) is 24.1 Å². The number of alkyl halides is 3. The number of sulfone groups is 1. The van der Waals surface area contributed by atoms with Gasteiger partial charge in [-0.3, -0.25) is 10.1 Å². The Labute approximate surface area is 141 Å². The maximum Gasteiger partial charge on any atom is 0.501 e. The average Bonchev–Trinajstić information content (AvgIpc) is 2.54. The lowest BCUT2D eigenvalue weighted by Gasteiger charge is -2.14. The zero-order valence-electron chi connectivity index (χ0n) is 12.7. The molecule has 2 aromatic carbocycles. The summed E-state index contributed by atoms with van der Waals surface area (Å²) in [6.45, 7) is 0.155. The van der Waals surface area contributed by atoms with E-state index in [9.17, 15) is 31.7 Å². The molecular formula is C15H13F3N2O4S. The molecule has 25 heavy (non-hydrogen) atoms. The lowest BCUT2D eigenvalue weighted by molar-refractivity contribution is -0.384. The molecule has 0 saturated carbocycles. The van der Waals surface area contributed by atoms with Crippen LogP contribution in [0.2, 0.25) is 0 Å². The second kappa shape index (κ2) is 7.09. The summed E-state index contributed by atoms with van der Waals surface area (Å²) in [6.07, 6.45) is 0.346. The van der Waals surface area contributed by atoms with Gasteiger partial charge in [-0.2, -0.15) is 13.2 Å². The van der Waals surface area contributed by atoms with Crippen molar-refractivity contribution in [3.05, 3.63) is 64.2 Å². The minimum Gasteiger partial charge on any atom is -0.384 e. The molecule has 0 fully saturated rings. The molecular weight excluding hydrogens is 361 g/mol. The topological polar surface area (TPSA) is 89.3 Å². The Morgan fingerprint density at radius 3 is 2.20 bits per heavy atom. The van der Waals surface area contributed by atoms with Crippen LogP contribution in [0.5, 0.6) is 0 Å². The first-order chi connectivity index (χ1) is 11.6. The highest BCUT2D eigenvalue weighted by Crippen LogP contribution is 2.34. The molecule has 0 unspecified atom stereocenters. The van der Waals surface area contributed by atoms with Crippen LogP contribution in [0.25, 0.3) is 0 Å². The van der Waals surface area contributed by atoms with Crippen molar-refractivity contribution in [1.82, 2.24) is 0 Å². The molecule has 2 rings (SSSR count). The van der Waals surface area contributed by atoms with Crippen LogP contribution in [0.1, 0.15) is 5.56 Å². The number of anilines is 1. The van der Waals surface area contributed by atoms with Crippen LogP contribution < -0.4 is 5.32 Å². The van der Waals surface area contributed by atoms with Gasteiger partial charge < -0.3 is 5.32 Å². The normalized spacial score (nSPS) is 12.0. The number of nitrogens with zero attached hydrogens (tertiary/aromatic N) is 1. The summed E-state index contributed by atoms with van der Waals surface area (Å²) in [5, 5.41) is 13.2. The SMILES string of the molecule is O=[N+]([O-])c1ccc(CCNc2ccccc2S(=O)(=O)C(F)(F)F)cc1. The summed E-state index contributed by atoms with van der Waals surface area (Å²) >= 11 is 0. The third kappa shape index (κ3) is 4.27. The summed E-state index contributed by atoms with van der Waals surface area (Å²) in [4.78, 5) is 9.19. The first-order valence-electron chi connectivity index (χ1n) is 7.00. The van der Waals surface area contributed by atoms with Gasteiger partial charge in [0.1, 0.15) is 0 Å². The van der Waals surface area contributed by atoms with Gasteiger partial charge >= 0.3 is 5.51 Å². The van der Waals surface area contributed by atoms with E-state index in [4.69, 9.17) is 0 Å². The smallest absolute Gasteiger partial charge is 0.384 e. The number of rotatable bonds is 6. The van der Waals surface area contributed by atoms with E-state index < -0.39 is 25.2 Å². The molecule has 0 radical (unpaired) electrons. The van der Waals surface area contributed by atoms with E-state index in [-0.39, 0.29) is 17.9 Å². The number of non-ortho nitro benzene ring substituents is 1. The van der Waals surface area contributed by atoms with Gasteiger partial charge in [-0.25, -0.2) is 8.42 Å². The molecule has 2 aromatic rings. The Bertz CT molecular complexity index is 865. The second-order valence-corrected chi connectivity index (χ2v) is 6.96. The minimum atomic E-state index is -5.45. The van der Waals surface area contributed by atoms with Crippen LogP contribution >= 0.6 is 0 Å². The summed E-state index contributed by atoms with van der Waals surface area (Å²) in [5.74, 6) is 0. The third-order valence-electron chi connectivity index (χ3n) is 3.36. The average molecular weight is 374 g/mol. The van der Waals surface area contributed by atoms with E-state index in [1.165, 1.54) is 42.5 Å². The first-order valence-corrected chi connectivity index (χ1v) is 8.49. The van der Waals surface area contributed by atoms with Crippen molar-refractivity contribution in [3.63, 3.8) is 0 Å². The predicted octanol–water partition coefficient (Wildman–Crippen LogP) is 3.54. The summed E-state index contributed by atoms with van der Waals surface area (Å²) in [5.41, 5.74) is -4.89. The fourth-order valence-corrected chi connectivity index (χ4v) is 3.03. The summed E-state index contributed by atoms with van der Waals surface area (Å²) in [7, 11) is -5.45. The fourth-order valence-electron chi connectivity index (χ4n) is 2.10. The lowest BCUT2D eigenvalue weighted by Crippen LogP contribution is -2.24. The van der Waals surface area contributed by atoms with Crippen molar-refractivity contribution in [2.24, 2.45) is 0 Å². The Balaban J connectivity index is 2.11. The molecule has 0 amide bonds. The van der Waals surface area contributed by atoms with Crippen molar-refractivity contribution in [2.45, 2.75) is 16.8 Å². The number of nitro groups is 1. The number of benzene rings is 2. The van der Waals surface area contributed by atoms with Crippen molar-refractivity contribution in [1.29, 1.82) is 0 Å². The molecule has 0 saturated heterocycles. The zero-order valence-corrected chi connectivity index (χ0v) is 13.5. The molecule has 134 valence electrons. The molecule has 0 aliphatic carbocycles. The number of hydrogen-bond donors (Lipinski definition) is 1. The van der Waals surface area contributed by atoms with Crippen molar-refractivity contribution in [3.8, 4) is 0 Å². The van der Waals surface area contributed by atoms with Crippen molar-refractivity contribution in [2.75, 3.05) is 11.9 Å². The van der Waals surface area contributed by atoms with Crippen molar-refractivity contribution < 1.29 is 26.5 Å². The Hall–Kier alpha value is -2.62. The van der Waals surface area contributed by atoms with Crippen molar-refractivity contribution >= 4 is 21.2 Å². The quantitative estimate of drug-likeness (QED) is 0.617. The van der Waals surface area contributed by atoms with Crippen LogP contribution in [0, 0.1) is 10.1 Å². The van der Waals surface area contributed by atoms with Crippen LogP contribution in [0.3, 0.4) is 0 Å². The molecule has 0 spiro atoms. The van der Waals surface area contributed by atoms with Gasteiger partial charge in [-0.1, -0.05) is 24.3 Å². The van der Waals surface area contributed by atoms with E-state index in [1.54, 1.807) is 0 Å². The highest BCUT2D eigenvalue weighted by molar-refractivity contribution is 7.92. The highest BCUT2D eigenvalue weighted by Gasteiger charge is 2.47. The lowest BCUT2D eigenvalue weighted by atomic mass is 10.1. The zero-order chi connectivity index (χ0) is 18.7. The van der Waals surface area contributed by atoms with Gasteiger partial charge in [0.25, 0.3) is 15.5 Å². The van der Waals surface area contributed by atoms with Crippen LogP contribution in [0.4, 0.5) is 24.5 Å². The maximum absolute atomic E-state index is 12.7. The second-order valence-electron chi connectivity index (χ2n) is 5.05. The number of hydrogen-bond acceptors (Lipinski definition) is 5.